The summed E-state index contributed by atoms with van der Waals surface area (Å²) in [6, 6.07) is 13.2. The van der Waals surface area contributed by atoms with E-state index in [0.717, 1.165) is 0 Å². The van der Waals surface area contributed by atoms with Crippen molar-refractivity contribution in [2.24, 2.45) is 0 Å². The number of rotatable bonds is 12. The molecule has 0 unspecified atom stereocenters. The quantitative estimate of drug-likeness (QED) is 0.0438. The first-order chi connectivity index (χ1) is 28.2. The van der Waals surface area contributed by atoms with E-state index in [1.807, 2.05) is 0 Å². The first kappa shape index (κ1) is 39.8. The van der Waals surface area contributed by atoms with Crippen molar-refractivity contribution < 1.29 is 63.2 Å². The van der Waals surface area contributed by atoms with Crippen molar-refractivity contribution in [1.29, 1.82) is 0 Å². The predicted octanol–water partition coefficient (Wildman–Crippen LogP) is 6.69. The van der Waals surface area contributed by atoms with E-state index in [-0.39, 0.29) is 113 Å². The van der Waals surface area contributed by atoms with Gasteiger partial charge in [0.1, 0.15) is 41.0 Å². The second kappa shape index (κ2) is 15.5. The van der Waals surface area contributed by atoms with Crippen LogP contribution in [-0.4, -0.2) is 73.2 Å². The molecule has 0 bridgehead atoms. The fraction of sp³-hybridized carbons (Fsp3) is 0.227. The van der Waals surface area contributed by atoms with Gasteiger partial charge in [0.05, 0.1) is 44.8 Å². The summed E-state index contributed by atoms with van der Waals surface area (Å²) in [6.45, 7) is 3.17. The van der Waals surface area contributed by atoms with E-state index in [1.54, 1.807) is 13.8 Å². The zero-order valence-corrected chi connectivity index (χ0v) is 32.6. The van der Waals surface area contributed by atoms with Crippen LogP contribution in [0.2, 0.25) is 0 Å². The molecule has 0 heterocycles. The van der Waals surface area contributed by atoms with Crippen molar-refractivity contribution >= 4 is 55.2 Å². The molecule has 304 valence electrons. The van der Waals surface area contributed by atoms with Gasteiger partial charge in [-0.3, -0.25) is 9.59 Å². The molecular formula is C44H38O15. The predicted molar refractivity (Wildman–Crippen MR) is 216 cm³/mol. The molecule has 59 heavy (non-hydrogen) atoms. The topological polar surface area (TPSA) is 214 Å². The number of aromatic hydroxyl groups is 4. The van der Waals surface area contributed by atoms with Crippen molar-refractivity contribution in [2.75, 3.05) is 28.4 Å². The van der Waals surface area contributed by atoms with Gasteiger partial charge in [-0.1, -0.05) is 0 Å². The van der Waals surface area contributed by atoms with E-state index in [2.05, 4.69) is 0 Å². The van der Waals surface area contributed by atoms with Crippen LogP contribution in [-0.2, 0) is 22.3 Å². The molecule has 0 fully saturated rings. The first-order valence-corrected chi connectivity index (χ1v) is 18.2. The van der Waals surface area contributed by atoms with Gasteiger partial charge in [-0.2, -0.15) is 0 Å². The Labute approximate surface area is 334 Å². The molecule has 15 heteroatoms. The SMILES string of the molecule is COc1c(O)c2c(=O)cc(OC)c3c4c(OC)cc(=O)c5c(O)c(OC)c(C[C@@H](C)OC(=O)c6ccc(O)cc6)c(c(c1C[C@@H](C)OC(=O)Oc1ccc(O)cc1)c23)c54. The maximum Gasteiger partial charge on any atom is 0.514 e. The molecule has 0 spiro atoms. The molecule has 0 aliphatic rings. The van der Waals surface area contributed by atoms with Gasteiger partial charge in [-0.05, 0) is 73.2 Å². The third-order valence-corrected chi connectivity index (χ3v) is 10.1. The minimum absolute atomic E-state index is 0.0407. The average molecular weight is 807 g/mol. The Hall–Kier alpha value is -7.42. The lowest BCUT2D eigenvalue weighted by atomic mass is 9.81. The smallest absolute Gasteiger partial charge is 0.508 e. The van der Waals surface area contributed by atoms with Crippen LogP contribution in [0.25, 0.3) is 43.1 Å². The monoisotopic (exact) mass is 806 g/mol. The van der Waals surface area contributed by atoms with Crippen LogP contribution in [0.5, 0.6) is 51.7 Å². The van der Waals surface area contributed by atoms with Crippen LogP contribution < -0.4 is 34.5 Å². The van der Waals surface area contributed by atoms with Crippen molar-refractivity contribution in [1.82, 2.24) is 0 Å². The Morgan fingerprint density at radius 2 is 0.966 bits per heavy atom. The number of esters is 1. The Morgan fingerprint density at radius 3 is 1.39 bits per heavy atom. The fourth-order valence-electron chi connectivity index (χ4n) is 7.79. The number of hydrogen-bond donors (Lipinski definition) is 4. The minimum Gasteiger partial charge on any atom is -0.508 e. The molecule has 2 atom stereocenters. The number of methoxy groups -OCH3 is 4. The highest BCUT2D eigenvalue weighted by molar-refractivity contribution is 6.38. The number of hydrogen-bond acceptors (Lipinski definition) is 15. The molecule has 4 N–H and O–H groups in total. The van der Waals surface area contributed by atoms with Crippen molar-refractivity contribution in [3.05, 3.63) is 97.8 Å². The normalized spacial score (nSPS) is 12.4. The van der Waals surface area contributed by atoms with E-state index in [1.165, 1.54) is 89.1 Å². The van der Waals surface area contributed by atoms with Gasteiger partial charge in [0.15, 0.2) is 33.9 Å². The summed E-state index contributed by atoms with van der Waals surface area (Å²) in [5.74, 6) is -1.95. The van der Waals surface area contributed by atoms with Gasteiger partial charge >= 0.3 is 12.1 Å². The summed E-state index contributed by atoms with van der Waals surface area (Å²) in [4.78, 5) is 54.4. The van der Waals surface area contributed by atoms with Gasteiger partial charge in [-0.25, -0.2) is 9.59 Å². The molecule has 0 amide bonds. The van der Waals surface area contributed by atoms with E-state index in [9.17, 15) is 39.6 Å². The molecule has 0 aliphatic heterocycles. The zero-order valence-electron chi connectivity index (χ0n) is 32.6. The van der Waals surface area contributed by atoms with Gasteiger partial charge in [0, 0.05) is 57.6 Å². The summed E-state index contributed by atoms with van der Waals surface area (Å²) < 4.78 is 40.0. The molecule has 0 aliphatic carbocycles. The van der Waals surface area contributed by atoms with Crippen LogP contribution in [0.1, 0.15) is 35.3 Å². The summed E-state index contributed by atoms with van der Waals surface area (Å²) in [5, 5.41) is 44.2. The zero-order chi connectivity index (χ0) is 42.4. The molecule has 15 nitrogen and oxygen atoms in total. The number of ether oxygens (including phenoxy) is 7. The lowest BCUT2D eigenvalue weighted by molar-refractivity contribution is 0.0342. The van der Waals surface area contributed by atoms with E-state index in [4.69, 9.17) is 33.2 Å². The Kier molecular flexibility index (Phi) is 10.5. The van der Waals surface area contributed by atoms with E-state index >= 15 is 0 Å². The third-order valence-electron chi connectivity index (χ3n) is 10.1. The highest BCUT2D eigenvalue weighted by atomic mass is 16.7. The van der Waals surface area contributed by atoms with E-state index in [0.29, 0.717) is 0 Å². The van der Waals surface area contributed by atoms with Gasteiger partial charge in [0.2, 0.25) is 0 Å². The Bertz CT molecular complexity index is 2890. The summed E-state index contributed by atoms with van der Waals surface area (Å²) >= 11 is 0. The van der Waals surface area contributed by atoms with Crippen LogP contribution in [0, 0.1) is 0 Å². The highest BCUT2D eigenvalue weighted by Gasteiger charge is 2.34. The summed E-state index contributed by atoms with van der Waals surface area (Å²) in [7, 11) is 5.27. The molecule has 0 radical (unpaired) electrons. The van der Waals surface area contributed by atoms with E-state index < -0.39 is 46.7 Å². The van der Waals surface area contributed by atoms with Crippen LogP contribution >= 0.6 is 0 Å². The number of carbonyl (C=O) groups excluding carboxylic acids is 2. The number of carbonyl (C=O) groups is 2. The summed E-state index contributed by atoms with van der Waals surface area (Å²) in [5.41, 5.74) is -0.693. The second-order valence-electron chi connectivity index (χ2n) is 13.8. The lowest BCUT2D eigenvalue weighted by Crippen LogP contribution is -2.21. The number of fused-ring (bicyclic) bond motifs is 2. The minimum atomic E-state index is -1.09. The fourth-order valence-corrected chi connectivity index (χ4v) is 7.79. The standard InChI is InChI=1S/C44H38O15/c1-19(57-43(51)21-7-9-22(45)10-8-21)15-25-31-32-26(16-20(2)58-44(52)59-24-13-11-23(46)12-14-24)42(56-6)40(50)34-28(48)18-30(54-4)36(38(32)34)35-29(53-3)17-27(47)33(37(31)35)39(49)41(25)55-5/h7-14,17-20,45-46,49-50H,15-16H2,1-6H3/t19-,20-/m1/s1. The van der Waals surface area contributed by atoms with Crippen LogP contribution in [0.4, 0.5) is 4.79 Å². The first-order valence-electron chi connectivity index (χ1n) is 18.2. The molecule has 0 saturated carbocycles. The maximum atomic E-state index is 14.0. The number of phenols is 4. The van der Waals surface area contributed by atoms with Crippen LogP contribution in [0.15, 0.2) is 70.3 Å². The maximum absolute atomic E-state index is 14.0. The van der Waals surface area contributed by atoms with Gasteiger partial charge in [-0.15, -0.1) is 0 Å². The Morgan fingerprint density at radius 1 is 0.542 bits per heavy atom. The molecule has 0 aromatic heterocycles. The molecular weight excluding hydrogens is 768 g/mol. The Balaban J connectivity index is 1.57. The van der Waals surface area contributed by atoms with Gasteiger partial charge < -0.3 is 53.6 Å². The second-order valence-corrected chi connectivity index (χ2v) is 13.8. The van der Waals surface area contributed by atoms with Crippen molar-refractivity contribution in [2.45, 2.75) is 38.9 Å². The largest absolute Gasteiger partial charge is 0.514 e. The molecule has 7 rings (SSSR count). The highest BCUT2D eigenvalue weighted by Crippen LogP contribution is 2.55. The van der Waals surface area contributed by atoms with Crippen molar-refractivity contribution in [3.63, 3.8) is 0 Å². The van der Waals surface area contributed by atoms with Crippen molar-refractivity contribution in [3.8, 4) is 51.7 Å². The third kappa shape index (κ3) is 6.79. The van der Waals surface area contributed by atoms with Crippen LogP contribution in [0.3, 0.4) is 0 Å². The molecule has 7 aromatic carbocycles. The van der Waals surface area contributed by atoms with Gasteiger partial charge in [0.25, 0.3) is 0 Å². The summed E-state index contributed by atoms with van der Waals surface area (Å²) in [6.07, 6.45) is -3.36. The molecule has 0 saturated heterocycles. The number of phenolic OH excluding ortho intramolecular Hbond substituents is 4. The lowest BCUT2D eigenvalue weighted by Gasteiger charge is -2.26. The number of benzene rings is 7. The molecule has 7 aromatic rings. The average Bonchev–Trinajstić information content (AvgIpc) is 3.19.